The van der Waals surface area contributed by atoms with Gasteiger partial charge in [-0.05, 0) is 24.6 Å². The first-order valence-corrected chi connectivity index (χ1v) is 6.37. The lowest BCUT2D eigenvalue weighted by Crippen LogP contribution is -2.23. The van der Waals surface area contributed by atoms with Gasteiger partial charge in [-0.3, -0.25) is 0 Å². The molecule has 0 amide bonds. The lowest BCUT2D eigenvalue weighted by Gasteiger charge is -2.15. The van der Waals surface area contributed by atoms with E-state index in [1.165, 1.54) is 39.4 Å². The van der Waals surface area contributed by atoms with Gasteiger partial charge in [0.05, 0.1) is 17.6 Å². The van der Waals surface area contributed by atoms with E-state index >= 15 is 0 Å². The molecular weight excluding hydrogens is 242 g/mol. The summed E-state index contributed by atoms with van der Waals surface area (Å²) in [5, 5.41) is 0. The normalized spacial score (nSPS) is 11.6. The predicted octanol–water partition coefficient (Wildman–Crippen LogP) is 1.03. The van der Waals surface area contributed by atoms with Gasteiger partial charge in [-0.2, -0.15) is 0 Å². The highest BCUT2D eigenvalue weighted by Gasteiger charge is 2.22. The molecule has 0 heterocycles. The Kier molecular flexibility index (Phi) is 3.90. The molecule has 0 saturated carbocycles. The topological polar surface area (TPSA) is 63.7 Å². The number of carbonyl (C=O) groups excluding carboxylic acids is 1. The molecule has 0 fully saturated rings. The summed E-state index contributed by atoms with van der Waals surface area (Å²) < 4.78 is 29.7. The summed E-state index contributed by atoms with van der Waals surface area (Å²) >= 11 is 0. The average molecular weight is 257 g/mol. The van der Waals surface area contributed by atoms with Crippen molar-refractivity contribution in [3.63, 3.8) is 0 Å². The molecule has 0 saturated heterocycles. The van der Waals surface area contributed by atoms with Gasteiger partial charge in [-0.1, -0.05) is 6.07 Å². The van der Waals surface area contributed by atoms with Crippen molar-refractivity contribution >= 4 is 16.0 Å². The van der Waals surface area contributed by atoms with Gasteiger partial charge in [0, 0.05) is 14.1 Å². The molecule has 0 radical (unpaired) electrons. The standard InChI is InChI=1S/C11H15NO4S/c1-8-9(11(13)16-4)6-5-7-10(8)17(14,15)12(2)3/h5-7H,1-4H3. The van der Waals surface area contributed by atoms with Gasteiger partial charge in [0.25, 0.3) is 0 Å². The molecule has 0 atom stereocenters. The third-order valence-corrected chi connectivity index (χ3v) is 4.41. The zero-order chi connectivity index (χ0) is 13.2. The van der Waals surface area contributed by atoms with Crippen LogP contribution in [0.15, 0.2) is 23.1 Å². The molecule has 1 aromatic carbocycles. The van der Waals surface area contributed by atoms with Crippen molar-refractivity contribution in [2.45, 2.75) is 11.8 Å². The van der Waals surface area contributed by atoms with Gasteiger partial charge in [0.1, 0.15) is 0 Å². The van der Waals surface area contributed by atoms with E-state index < -0.39 is 16.0 Å². The minimum Gasteiger partial charge on any atom is -0.465 e. The minimum atomic E-state index is -3.55. The number of esters is 1. The number of carbonyl (C=O) groups is 1. The number of hydrogen-bond donors (Lipinski definition) is 0. The second-order valence-electron chi connectivity index (χ2n) is 3.71. The van der Waals surface area contributed by atoms with E-state index in [0.29, 0.717) is 5.56 Å². The maximum atomic E-state index is 12.0. The van der Waals surface area contributed by atoms with Crippen molar-refractivity contribution in [1.82, 2.24) is 4.31 Å². The van der Waals surface area contributed by atoms with Crippen LogP contribution in [0.1, 0.15) is 15.9 Å². The molecule has 0 aliphatic heterocycles. The van der Waals surface area contributed by atoms with Crippen LogP contribution in [0.2, 0.25) is 0 Å². The molecule has 0 aromatic heterocycles. The highest BCUT2D eigenvalue weighted by molar-refractivity contribution is 7.89. The van der Waals surface area contributed by atoms with Crippen LogP contribution in [-0.4, -0.2) is 39.9 Å². The first kappa shape index (κ1) is 13.7. The van der Waals surface area contributed by atoms with Crippen molar-refractivity contribution in [1.29, 1.82) is 0 Å². The SMILES string of the molecule is COC(=O)c1cccc(S(=O)(=O)N(C)C)c1C. The van der Waals surface area contributed by atoms with Crippen molar-refractivity contribution in [2.75, 3.05) is 21.2 Å². The van der Waals surface area contributed by atoms with Crippen LogP contribution < -0.4 is 0 Å². The minimum absolute atomic E-state index is 0.116. The molecular formula is C11H15NO4S. The Hall–Kier alpha value is -1.40. The molecule has 0 aliphatic rings. The number of methoxy groups -OCH3 is 1. The van der Waals surface area contributed by atoms with E-state index in [1.807, 2.05) is 0 Å². The monoisotopic (exact) mass is 257 g/mol. The summed E-state index contributed by atoms with van der Waals surface area (Å²) in [6, 6.07) is 4.53. The molecule has 94 valence electrons. The van der Waals surface area contributed by atoms with Gasteiger partial charge in [-0.15, -0.1) is 0 Å². The fourth-order valence-corrected chi connectivity index (χ4v) is 2.56. The lowest BCUT2D eigenvalue weighted by atomic mass is 10.1. The Bertz CT molecular complexity index is 534. The smallest absolute Gasteiger partial charge is 0.338 e. The summed E-state index contributed by atoms with van der Waals surface area (Å²) in [6.45, 7) is 1.59. The van der Waals surface area contributed by atoms with Crippen molar-refractivity contribution in [2.24, 2.45) is 0 Å². The Morgan fingerprint density at radius 2 is 1.88 bits per heavy atom. The fraction of sp³-hybridized carbons (Fsp3) is 0.364. The molecule has 0 spiro atoms. The highest BCUT2D eigenvalue weighted by atomic mass is 32.2. The van der Waals surface area contributed by atoms with Gasteiger partial charge in [0.15, 0.2) is 0 Å². The van der Waals surface area contributed by atoms with Gasteiger partial charge >= 0.3 is 5.97 Å². The molecule has 0 aliphatic carbocycles. The third-order valence-electron chi connectivity index (χ3n) is 2.45. The number of hydrogen-bond acceptors (Lipinski definition) is 4. The number of sulfonamides is 1. The van der Waals surface area contributed by atoms with Crippen LogP contribution in [0.4, 0.5) is 0 Å². The third kappa shape index (κ3) is 2.48. The summed E-state index contributed by atoms with van der Waals surface area (Å²) in [4.78, 5) is 11.6. The van der Waals surface area contributed by atoms with E-state index in [9.17, 15) is 13.2 Å². The van der Waals surface area contributed by atoms with Crippen LogP contribution >= 0.6 is 0 Å². The molecule has 1 aromatic rings. The summed E-state index contributed by atoms with van der Waals surface area (Å²) in [5.74, 6) is -0.543. The van der Waals surface area contributed by atoms with Crippen LogP contribution in [-0.2, 0) is 14.8 Å². The van der Waals surface area contributed by atoms with Crippen LogP contribution in [0, 0.1) is 6.92 Å². The Morgan fingerprint density at radius 3 is 2.35 bits per heavy atom. The maximum absolute atomic E-state index is 12.0. The Balaban J connectivity index is 3.44. The molecule has 0 N–H and O–H groups in total. The number of rotatable bonds is 3. The number of benzene rings is 1. The van der Waals surface area contributed by atoms with E-state index in [1.54, 1.807) is 6.92 Å². The summed E-state index contributed by atoms with van der Waals surface area (Å²) in [7, 11) is 0.601. The van der Waals surface area contributed by atoms with Crippen molar-refractivity contribution in [3.05, 3.63) is 29.3 Å². The predicted molar refractivity (Wildman–Crippen MR) is 63.4 cm³/mol. The number of nitrogens with zero attached hydrogens (tertiary/aromatic N) is 1. The van der Waals surface area contributed by atoms with E-state index in [4.69, 9.17) is 0 Å². The zero-order valence-corrected chi connectivity index (χ0v) is 11.0. The Morgan fingerprint density at radius 1 is 1.29 bits per heavy atom. The van der Waals surface area contributed by atoms with Crippen LogP contribution in [0.5, 0.6) is 0 Å². The van der Waals surface area contributed by atoms with Gasteiger partial charge in [0.2, 0.25) is 10.0 Å². The lowest BCUT2D eigenvalue weighted by molar-refractivity contribution is 0.0599. The van der Waals surface area contributed by atoms with E-state index in [2.05, 4.69) is 4.74 Å². The maximum Gasteiger partial charge on any atom is 0.338 e. The number of ether oxygens (including phenoxy) is 1. The molecule has 0 unspecified atom stereocenters. The summed E-state index contributed by atoms with van der Waals surface area (Å²) in [5.41, 5.74) is 0.656. The largest absolute Gasteiger partial charge is 0.465 e. The summed E-state index contributed by atoms with van der Waals surface area (Å²) in [6.07, 6.45) is 0. The highest BCUT2D eigenvalue weighted by Crippen LogP contribution is 2.21. The first-order valence-electron chi connectivity index (χ1n) is 4.92. The second-order valence-corrected chi connectivity index (χ2v) is 5.83. The zero-order valence-electron chi connectivity index (χ0n) is 10.2. The van der Waals surface area contributed by atoms with Gasteiger partial charge in [-0.25, -0.2) is 17.5 Å². The first-order chi connectivity index (χ1) is 7.82. The Labute approximate surface area is 101 Å². The van der Waals surface area contributed by atoms with Crippen LogP contribution in [0.25, 0.3) is 0 Å². The molecule has 5 nitrogen and oxygen atoms in total. The van der Waals surface area contributed by atoms with E-state index in [-0.39, 0.29) is 10.5 Å². The van der Waals surface area contributed by atoms with Crippen LogP contribution in [0.3, 0.4) is 0 Å². The second kappa shape index (κ2) is 4.85. The fourth-order valence-electron chi connectivity index (χ4n) is 1.42. The quantitative estimate of drug-likeness (QED) is 0.759. The van der Waals surface area contributed by atoms with Gasteiger partial charge < -0.3 is 4.74 Å². The molecule has 17 heavy (non-hydrogen) atoms. The molecule has 1 rings (SSSR count). The van der Waals surface area contributed by atoms with E-state index in [0.717, 1.165) is 4.31 Å². The van der Waals surface area contributed by atoms with Crippen molar-refractivity contribution < 1.29 is 17.9 Å². The van der Waals surface area contributed by atoms with Crippen molar-refractivity contribution in [3.8, 4) is 0 Å². The average Bonchev–Trinajstić information content (AvgIpc) is 2.27. The molecule has 0 bridgehead atoms. The molecule has 6 heteroatoms.